The lowest BCUT2D eigenvalue weighted by molar-refractivity contribution is 0.242. The van der Waals surface area contributed by atoms with E-state index >= 15 is 0 Å². The predicted octanol–water partition coefficient (Wildman–Crippen LogP) is 3.01. The van der Waals surface area contributed by atoms with Crippen molar-refractivity contribution in [3.8, 4) is 5.75 Å². The zero-order valence-electron chi connectivity index (χ0n) is 14.4. The minimum absolute atomic E-state index is 0.00401. The Hall–Kier alpha value is -1.98. The second kappa shape index (κ2) is 7.73. The van der Waals surface area contributed by atoms with Crippen LogP contribution in [-0.4, -0.2) is 33.1 Å². The first kappa shape index (κ1) is 16.9. The van der Waals surface area contributed by atoms with Crippen LogP contribution in [0.4, 0.5) is 0 Å². The molecule has 1 fully saturated rings. The summed E-state index contributed by atoms with van der Waals surface area (Å²) in [6.45, 7) is 6.44. The molecule has 1 aromatic carbocycles. The number of aliphatic hydroxyl groups is 1. The van der Waals surface area contributed by atoms with Gasteiger partial charge in [-0.2, -0.15) is 0 Å². The summed E-state index contributed by atoms with van der Waals surface area (Å²) >= 11 is 0. The average molecular weight is 327 g/mol. The van der Waals surface area contributed by atoms with Gasteiger partial charge in [0.2, 0.25) is 0 Å². The van der Waals surface area contributed by atoms with Gasteiger partial charge in [-0.3, -0.25) is 14.9 Å². The molecule has 0 saturated carbocycles. The van der Waals surface area contributed by atoms with Crippen LogP contribution < -0.4 is 4.74 Å². The third kappa shape index (κ3) is 3.74. The van der Waals surface area contributed by atoms with E-state index in [0.29, 0.717) is 12.6 Å². The van der Waals surface area contributed by atoms with E-state index in [1.165, 1.54) is 12.0 Å². The van der Waals surface area contributed by atoms with Gasteiger partial charge in [0.25, 0.3) is 0 Å². The molecule has 1 unspecified atom stereocenters. The summed E-state index contributed by atoms with van der Waals surface area (Å²) in [4.78, 5) is 11.4. The van der Waals surface area contributed by atoms with E-state index in [0.717, 1.165) is 42.2 Å². The molecule has 1 atom stereocenters. The van der Waals surface area contributed by atoms with Crippen LogP contribution in [0.25, 0.3) is 0 Å². The summed E-state index contributed by atoms with van der Waals surface area (Å²) in [5, 5.41) is 9.58. The Kier molecular flexibility index (Phi) is 5.43. The molecule has 1 saturated heterocycles. The average Bonchev–Trinajstić information content (AvgIpc) is 3.04. The summed E-state index contributed by atoms with van der Waals surface area (Å²) < 4.78 is 5.56. The van der Waals surface area contributed by atoms with E-state index in [-0.39, 0.29) is 6.61 Å². The Morgan fingerprint density at radius 1 is 1.33 bits per heavy atom. The number of rotatable bonds is 6. The molecule has 0 bridgehead atoms. The van der Waals surface area contributed by atoms with Gasteiger partial charge in [-0.25, -0.2) is 0 Å². The van der Waals surface area contributed by atoms with Crippen molar-refractivity contribution in [3.05, 3.63) is 53.1 Å². The van der Waals surface area contributed by atoms with E-state index in [1.807, 2.05) is 32.2 Å². The maximum atomic E-state index is 9.58. The molecule has 2 aromatic rings. The van der Waals surface area contributed by atoms with Crippen molar-refractivity contribution in [2.45, 2.75) is 45.9 Å². The van der Waals surface area contributed by atoms with Gasteiger partial charge in [0.05, 0.1) is 30.6 Å². The molecule has 1 aliphatic heterocycles. The Morgan fingerprint density at radius 3 is 2.96 bits per heavy atom. The number of benzene rings is 1. The topological polar surface area (TPSA) is 58.5 Å². The minimum atomic E-state index is -0.00401. The van der Waals surface area contributed by atoms with Crippen molar-refractivity contribution in [2.24, 2.45) is 0 Å². The van der Waals surface area contributed by atoms with Crippen molar-refractivity contribution in [2.75, 3.05) is 13.2 Å². The van der Waals surface area contributed by atoms with Crippen LogP contribution in [0.3, 0.4) is 0 Å². The number of hydrogen-bond acceptors (Lipinski definition) is 5. The highest BCUT2D eigenvalue weighted by Crippen LogP contribution is 2.32. The van der Waals surface area contributed by atoms with Crippen molar-refractivity contribution < 1.29 is 9.84 Å². The van der Waals surface area contributed by atoms with Gasteiger partial charge in [0.1, 0.15) is 5.75 Å². The van der Waals surface area contributed by atoms with E-state index < -0.39 is 0 Å². The van der Waals surface area contributed by atoms with Crippen molar-refractivity contribution >= 4 is 0 Å². The molecule has 128 valence electrons. The zero-order valence-corrected chi connectivity index (χ0v) is 14.4. The summed E-state index contributed by atoms with van der Waals surface area (Å²) in [5.74, 6) is 0.770. The standard InChI is InChI=1S/C19H25N3O2/c1-3-24-19-7-6-15(9-16(19)13-23)12-22-8-4-5-18(22)17-11-20-10-14(2)21-17/h6-7,9-11,18,23H,3-5,8,12-13H2,1-2H3. The summed E-state index contributed by atoms with van der Waals surface area (Å²) in [7, 11) is 0. The van der Waals surface area contributed by atoms with Crippen LogP contribution in [0.2, 0.25) is 0 Å². The molecule has 0 aliphatic carbocycles. The number of ether oxygens (including phenoxy) is 1. The van der Waals surface area contributed by atoms with E-state index in [2.05, 4.69) is 20.9 Å². The maximum absolute atomic E-state index is 9.58. The van der Waals surface area contributed by atoms with Crippen LogP contribution in [-0.2, 0) is 13.2 Å². The molecule has 3 rings (SSSR count). The number of aryl methyl sites for hydroxylation is 1. The van der Waals surface area contributed by atoms with Crippen molar-refractivity contribution in [1.29, 1.82) is 0 Å². The molecule has 1 N–H and O–H groups in total. The fourth-order valence-electron chi connectivity index (χ4n) is 3.38. The lowest BCUT2D eigenvalue weighted by Gasteiger charge is -2.24. The van der Waals surface area contributed by atoms with Crippen molar-refractivity contribution in [1.82, 2.24) is 14.9 Å². The van der Waals surface area contributed by atoms with Gasteiger partial charge in [-0.05, 0) is 50.9 Å². The maximum Gasteiger partial charge on any atom is 0.124 e. The molecule has 1 aromatic heterocycles. The smallest absolute Gasteiger partial charge is 0.124 e. The SMILES string of the molecule is CCOc1ccc(CN2CCCC2c2cncc(C)n2)cc1CO. The normalized spacial score (nSPS) is 18.0. The lowest BCUT2D eigenvalue weighted by Crippen LogP contribution is -2.23. The second-order valence-electron chi connectivity index (χ2n) is 6.25. The number of likely N-dealkylation sites (tertiary alicyclic amines) is 1. The number of nitrogens with zero attached hydrogens (tertiary/aromatic N) is 3. The van der Waals surface area contributed by atoms with E-state index in [9.17, 15) is 5.11 Å². The zero-order chi connectivity index (χ0) is 16.9. The molecule has 5 nitrogen and oxygen atoms in total. The summed E-state index contributed by atoms with van der Waals surface area (Å²) in [6, 6.07) is 6.41. The molecule has 5 heteroatoms. The Labute approximate surface area is 143 Å². The first-order valence-electron chi connectivity index (χ1n) is 8.59. The molecule has 24 heavy (non-hydrogen) atoms. The van der Waals surface area contributed by atoms with Crippen LogP contribution in [0, 0.1) is 6.92 Å². The lowest BCUT2D eigenvalue weighted by atomic mass is 10.1. The third-order valence-electron chi connectivity index (χ3n) is 4.46. The van der Waals surface area contributed by atoms with Gasteiger partial charge in [-0.15, -0.1) is 0 Å². The first-order valence-corrected chi connectivity index (χ1v) is 8.59. The van der Waals surface area contributed by atoms with Crippen LogP contribution in [0.1, 0.15) is 48.3 Å². The monoisotopic (exact) mass is 327 g/mol. The second-order valence-corrected chi connectivity index (χ2v) is 6.25. The molecule has 1 aliphatic rings. The quantitative estimate of drug-likeness (QED) is 0.884. The summed E-state index contributed by atoms with van der Waals surface area (Å²) in [5.41, 5.74) is 4.05. The Balaban J connectivity index is 1.77. The van der Waals surface area contributed by atoms with Gasteiger partial charge in [0, 0.05) is 24.5 Å². The highest BCUT2D eigenvalue weighted by Gasteiger charge is 2.27. The molecule has 0 amide bonds. The van der Waals surface area contributed by atoms with Crippen molar-refractivity contribution in [3.63, 3.8) is 0 Å². The van der Waals surface area contributed by atoms with E-state index in [1.54, 1.807) is 6.20 Å². The number of aromatic nitrogens is 2. The molecule has 0 spiro atoms. The fourth-order valence-corrected chi connectivity index (χ4v) is 3.38. The summed E-state index contributed by atoms with van der Waals surface area (Å²) in [6.07, 6.45) is 5.96. The number of hydrogen-bond donors (Lipinski definition) is 1. The number of aliphatic hydroxyl groups excluding tert-OH is 1. The van der Waals surface area contributed by atoms with Crippen LogP contribution in [0.15, 0.2) is 30.6 Å². The van der Waals surface area contributed by atoms with E-state index in [4.69, 9.17) is 4.74 Å². The molecular formula is C19H25N3O2. The first-order chi connectivity index (χ1) is 11.7. The van der Waals surface area contributed by atoms with Crippen LogP contribution >= 0.6 is 0 Å². The molecule has 0 radical (unpaired) electrons. The molecule has 2 heterocycles. The van der Waals surface area contributed by atoms with Gasteiger partial charge < -0.3 is 9.84 Å². The predicted molar refractivity (Wildman–Crippen MR) is 92.7 cm³/mol. The highest BCUT2D eigenvalue weighted by atomic mass is 16.5. The Morgan fingerprint density at radius 2 is 2.21 bits per heavy atom. The fraction of sp³-hybridized carbons (Fsp3) is 0.474. The Bertz CT molecular complexity index is 690. The minimum Gasteiger partial charge on any atom is -0.494 e. The third-order valence-corrected chi connectivity index (χ3v) is 4.46. The molecular weight excluding hydrogens is 302 g/mol. The highest BCUT2D eigenvalue weighted by molar-refractivity contribution is 5.37. The van der Waals surface area contributed by atoms with Crippen LogP contribution in [0.5, 0.6) is 5.75 Å². The van der Waals surface area contributed by atoms with Gasteiger partial charge in [-0.1, -0.05) is 6.07 Å². The van der Waals surface area contributed by atoms with Gasteiger partial charge in [0.15, 0.2) is 0 Å². The van der Waals surface area contributed by atoms with Gasteiger partial charge >= 0.3 is 0 Å². The largest absolute Gasteiger partial charge is 0.494 e.